The molecule has 0 radical (unpaired) electrons. The van der Waals surface area contributed by atoms with Crippen molar-refractivity contribution in [1.82, 2.24) is 0 Å². The summed E-state index contributed by atoms with van der Waals surface area (Å²) in [5.41, 5.74) is 2.13. The van der Waals surface area contributed by atoms with E-state index in [-0.39, 0.29) is 18.3 Å². The molecule has 0 aliphatic carbocycles. The molecule has 1 heterocycles. The van der Waals surface area contributed by atoms with E-state index in [1.165, 1.54) is 0 Å². The van der Waals surface area contributed by atoms with Gasteiger partial charge in [0, 0.05) is 6.61 Å². The third-order valence-corrected chi connectivity index (χ3v) is 5.77. The van der Waals surface area contributed by atoms with E-state index in [0.717, 1.165) is 42.6 Å². The number of rotatable bonds is 11. The zero-order valence-electron chi connectivity index (χ0n) is 18.4. The Bertz CT molecular complexity index is 1050. The molecule has 0 spiro atoms. The summed E-state index contributed by atoms with van der Waals surface area (Å²) in [6.07, 6.45) is 4.84. The smallest absolute Gasteiger partial charge is 0.343 e. The number of unbranched alkanes of at least 4 members (excludes halogenated alkanes) is 1. The Labute approximate surface area is 183 Å². The van der Waals surface area contributed by atoms with E-state index in [1.807, 2.05) is 37.3 Å². The fraction of sp³-hybridized carbons (Fsp3) is 0.423. The number of aliphatic hydroxyl groups is 1. The maximum Gasteiger partial charge on any atom is 0.343 e. The maximum absolute atomic E-state index is 12.6. The van der Waals surface area contributed by atoms with E-state index in [0.29, 0.717) is 36.0 Å². The lowest BCUT2D eigenvalue weighted by Gasteiger charge is -2.18. The number of benzene rings is 2. The maximum atomic E-state index is 12.6. The number of hydrogen-bond donors (Lipinski definition) is 2. The number of ether oxygens (including phenoxy) is 1. The van der Waals surface area contributed by atoms with Crippen LogP contribution in [0.15, 0.2) is 51.7 Å². The van der Waals surface area contributed by atoms with E-state index in [2.05, 4.69) is 6.92 Å². The molecule has 0 saturated heterocycles. The number of para-hydroxylation sites is 1. The molecule has 0 aliphatic heterocycles. The molecule has 2 aromatic carbocycles. The molecule has 0 saturated carbocycles. The highest BCUT2D eigenvalue weighted by molar-refractivity contribution is 5.84. The van der Waals surface area contributed by atoms with Crippen molar-refractivity contribution >= 4 is 11.0 Å². The molecular formula is C26H32O5. The topological polar surface area (TPSA) is 79.9 Å². The highest BCUT2D eigenvalue weighted by atomic mass is 16.5. The van der Waals surface area contributed by atoms with Crippen LogP contribution in [-0.4, -0.2) is 23.4 Å². The molecule has 0 aliphatic rings. The molecule has 5 nitrogen and oxygen atoms in total. The van der Waals surface area contributed by atoms with Crippen molar-refractivity contribution in [2.24, 2.45) is 5.92 Å². The minimum Gasteiger partial charge on any atom is -0.507 e. The average molecular weight is 425 g/mol. The molecule has 0 fully saturated rings. The van der Waals surface area contributed by atoms with E-state index in [9.17, 15) is 9.90 Å². The fourth-order valence-corrected chi connectivity index (χ4v) is 3.85. The summed E-state index contributed by atoms with van der Waals surface area (Å²) in [5.74, 6) is 1.16. The minimum absolute atomic E-state index is 0.00383. The van der Waals surface area contributed by atoms with Gasteiger partial charge in [-0.25, -0.2) is 4.79 Å². The lowest BCUT2D eigenvalue weighted by Crippen LogP contribution is -2.16. The van der Waals surface area contributed by atoms with Crippen LogP contribution in [0.3, 0.4) is 0 Å². The van der Waals surface area contributed by atoms with Gasteiger partial charge in [-0.2, -0.15) is 0 Å². The Morgan fingerprint density at radius 1 is 1.10 bits per heavy atom. The van der Waals surface area contributed by atoms with Gasteiger partial charge in [0.05, 0.1) is 17.6 Å². The van der Waals surface area contributed by atoms with Gasteiger partial charge in [0.1, 0.15) is 17.1 Å². The van der Waals surface area contributed by atoms with Gasteiger partial charge >= 0.3 is 5.63 Å². The van der Waals surface area contributed by atoms with Crippen LogP contribution in [0.1, 0.15) is 49.3 Å². The van der Waals surface area contributed by atoms with Crippen LogP contribution >= 0.6 is 0 Å². The molecule has 1 aromatic heterocycles. The van der Waals surface area contributed by atoms with Crippen LogP contribution in [0.4, 0.5) is 0 Å². The number of hydrogen-bond acceptors (Lipinski definition) is 5. The van der Waals surface area contributed by atoms with E-state index < -0.39 is 5.63 Å². The van der Waals surface area contributed by atoms with Crippen LogP contribution < -0.4 is 10.4 Å². The van der Waals surface area contributed by atoms with Gasteiger partial charge < -0.3 is 19.4 Å². The quantitative estimate of drug-likeness (QED) is 0.416. The van der Waals surface area contributed by atoms with Crippen LogP contribution in [0.2, 0.25) is 0 Å². The summed E-state index contributed by atoms with van der Waals surface area (Å²) in [5, 5.41) is 20.4. The highest BCUT2D eigenvalue weighted by Crippen LogP contribution is 2.29. The summed E-state index contributed by atoms with van der Waals surface area (Å²) < 4.78 is 11.6. The Morgan fingerprint density at radius 3 is 2.65 bits per heavy atom. The van der Waals surface area contributed by atoms with Gasteiger partial charge in [-0.3, -0.25) is 0 Å². The number of aryl methyl sites for hydroxylation is 1. The summed E-state index contributed by atoms with van der Waals surface area (Å²) in [6, 6.07) is 13.2. The van der Waals surface area contributed by atoms with Crippen LogP contribution in [0.5, 0.6) is 11.5 Å². The van der Waals surface area contributed by atoms with Crippen LogP contribution in [0.25, 0.3) is 11.0 Å². The zero-order valence-corrected chi connectivity index (χ0v) is 18.4. The molecule has 0 bridgehead atoms. The molecular weight excluding hydrogens is 392 g/mol. The number of aromatic hydroxyl groups is 1. The Balaban J connectivity index is 1.74. The average Bonchev–Trinajstić information content (AvgIpc) is 2.76. The standard InChI is InChI=1S/C26H32O5/c1-3-4-8-20(17-30-23-9-6-5-7-18(23)2)11-13-22-25(28)21-12-10-19(14-15-27)16-24(21)31-26(22)29/h5-7,9-10,12,16,20,27-28H,3-4,8,11,13-15,17H2,1-2H3. The third-order valence-electron chi connectivity index (χ3n) is 5.77. The second-order valence-corrected chi connectivity index (χ2v) is 8.14. The molecule has 3 aromatic rings. The number of aliphatic hydroxyl groups excluding tert-OH is 1. The van der Waals surface area contributed by atoms with Crippen molar-refractivity contribution in [2.45, 2.75) is 52.4 Å². The van der Waals surface area contributed by atoms with E-state index in [4.69, 9.17) is 14.3 Å². The van der Waals surface area contributed by atoms with Crippen molar-refractivity contribution in [3.8, 4) is 11.5 Å². The molecule has 1 atom stereocenters. The Morgan fingerprint density at radius 2 is 1.90 bits per heavy atom. The molecule has 166 valence electrons. The summed E-state index contributed by atoms with van der Waals surface area (Å²) in [7, 11) is 0. The van der Waals surface area contributed by atoms with Gasteiger partial charge in [-0.15, -0.1) is 0 Å². The van der Waals surface area contributed by atoms with E-state index >= 15 is 0 Å². The van der Waals surface area contributed by atoms with Gasteiger partial charge in [-0.1, -0.05) is 44.0 Å². The molecule has 0 amide bonds. The Kier molecular flexibility index (Phi) is 8.13. The molecule has 2 N–H and O–H groups in total. The lowest BCUT2D eigenvalue weighted by molar-refractivity contribution is 0.227. The molecule has 3 rings (SSSR count). The van der Waals surface area contributed by atoms with Gasteiger partial charge in [0.25, 0.3) is 0 Å². The summed E-state index contributed by atoms with van der Waals surface area (Å²) in [4.78, 5) is 12.6. The first kappa shape index (κ1) is 22.9. The predicted molar refractivity (Wildman–Crippen MR) is 123 cm³/mol. The molecule has 5 heteroatoms. The second-order valence-electron chi connectivity index (χ2n) is 8.14. The van der Waals surface area contributed by atoms with Crippen molar-refractivity contribution in [3.63, 3.8) is 0 Å². The first-order valence-corrected chi connectivity index (χ1v) is 11.1. The predicted octanol–water partition coefficient (Wildman–Crippen LogP) is 5.16. The van der Waals surface area contributed by atoms with Crippen molar-refractivity contribution < 1.29 is 19.4 Å². The fourth-order valence-electron chi connectivity index (χ4n) is 3.85. The zero-order chi connectivity index (χ0) is 22.2. The van der Waals surface area contributed by atoms with Crippen LogP contribution in [-0.2, 0) is 12.8 Å². The monoisotopic (exact) mass is 424 g/mol. The highest BCUT2D eigenvalue weighted by Gasteiger charge is 2.17. The van der Waals surface area contributed by atoms with Crippen molar-refractivity contribution in [2.75, 3.05) is 13.2 Å². The van der Waals surface area contributed by atoms with Gasteiger partial charge in [0.15, 0.2) is 0 Å². The van der Waals surface area contributed by atoms with Gasteiger partial charge in [-0.05, 0) is 67.9 Å². The third kappa shape index (κ3) is 5.88. The number of fused-ring (bicyclic) bond motifs is 1. The van der Waals surface area contributed by atoms with Crippen LogP contribution in [0, 0.1) is 12.8 Å². The van der Waals surface area contributed by atoms with Gasteiger partial charge in [0.2, 0.25) is 0 Å². The normalized spacial score (nSPS) is 12.2. The summed E-state index contributed by atoms with van der Waals surface area (Å²) >= 11 is 0. The molecule has 31 heavy (non-hydrogen) atoms. The first-order valence-electron chi connectivity index (χ1n) is 11.1. The van der Waals surface area contributed by atoms with E-state index in [1.54, 1.807) is 12.1 Å². The summed E-state index contributed by atoms with van der Waals surface area (Å²) in [6.45, 7) is 4.79. The largest absolute Gasteiger partial charge is 0.507 e. The second kappa shape index (κ2) is 11.0. The Hall–Kier alpha value is -2.79. The minimum atomic E-state index is -0.500. The first-order chi connectivity index (χ1) is 15.0. The van der Waals surface area contributed by atoms with Crippen molar-refractivity contribution in [1.29, 1.82) is 0 Å². The van der Waals surface area contributed by atoms with Crippen molar-refractivity contribution in [3.05, 3.63) is 69.6 Å². The SMILES string of the molecule is CCCCC(CCc1c(O)c2ccc(CCO)cc2oc1=O)COc1ccccc1C. The lowest BCUT2D eigenvalue weighted by atomic mass is 9.94. The molecule has 1 unspecified atom stereocenters.